The molecule has 0 aliphatic carbocycles. The molecule has 0 saturated carbocycles. The number of carbonyl (C=O) groups is 1. The molecule has 0 bridgehead atoms. The average Bonchev–Trinajstić information content (AvgIpc) is 1.99. The van der Waals surface area contributed by atoms with Gasteiger partial charge < -0.3 is 20.0 Å². The summed E-state index contributed by atoms with van der Waals surface area (Å²) < 4.78 is 4.88. The second kappa shape index (κ2) is 6.67. The van der Waals surface area contributed by atoms with Crippen LogP contribution >= 0.6 is 0 Å². The van der Waals surface area contributed by atoms with Crippen LogP contribution < -0.4 is 5.32 Å². The van der Waals surface area contributed by atoms with Crippen LogP contribution in [0.2, 0.25) is 0 Å². The molecule has 60 valence electrons. The van der Waals surface area contributed by atoms with Crippen LogP contribution in [0.1, 0.15) is 0 Å². The molecule has 10 heavy (non-hydrogen) atoms. The van der Waals surface area contributed by atoms with E-state index in [2.05, 4.69) is 5.32 Å². The van der Waals surface area contributed by atoms with E-state index >= 15 is 0 Å². The smallest absolute Gasteiger partial charge is 0.139 e. The van der Waals surface area contributed by atoms with Crippen LogP contribution in [0.15, 0.2) is 0 Å². The minimum absolute atomic E-state index is 0.00467. The highest BCUT2D eigenvalue weighted by Gasteiger charge is 2.01. The van der Waals surface area contributed by atoms with Crippen molar-refractivity contribution in [3.63, 3.8) is 0 Å². The lowest BCUT2D eigenvalue weighted by molar-refractivity contribution is -0.110. The van der Waals surface area contributed by atoms with Gasteiger partial charge in [-0.15, -0.1) is 0 Å². The molecule has 0 saturated heterocycles. The Labute approximate surface area is 60.2 Å². The first-order valence-corrected chi connectivity index (χ1v) is 3.16. The molecule has 0 spiro atoms. The van der Waals surface area contributed by atoms with Crippen LogP contribution in [0.5, 0.6) is 0 Å². The molecule has 2 N–H and O–H groups in total. The normalized spacial score (nSPS) is 13.0. The van der Waals surface area contributed by atoms with Crippen LogP contribution in [-0.2, 0) is 9.53 Å². The first-order chi connectivity index (χ1) is 4.85. The number of aliphatic hydroxyl groups excluding tert-OH is 1. The van der Waals surface area contributed by atoms with Gasteiger partial charge in [-0.05, 0) is 7.05 Å². The summed E-state index contributed by atoms with van der Waals surface area (Å²) in [4.78, 5) is 10.1. The van der Waals surface area contributed by atoms with Crippen molar-refractivity contribution in [2.75, 3.05) is 26.9 Å². The van der Waals surface area contributed by atoms with Crippen molar-refractivity contribution in [2.24, 2.45) is 0 Å². The summed E-state index contributed by atoms with van der Waals surface area (Å²) in [6.07, 6.45) is 0.775. The summed E-state index contributed by atoms with van der Waals surface area (Å²) in [7, 11) is 1.68. The summed E-state index contributed by atoms with van der Waals surface area (Å²) in [6, 6.07) is -0.258. The first-order valence-electron chi connectivity index (χ1n) is 3.16. The molecule has 0 amide bonds. The lowest BCUT2D eigenvalue weighted by Crippen LogP contribution is -2.32. The van der Waals surface area contributed by atoms with Gasteiger partial charge in [0.1, 0.15) is 6.29 Å². The number of aliphatic hydroxyl groups is 1. The van der Waals surface area contributed by atoms with Crippen LogP contribution in [0.25, 0.3) is 0 Å². The predicted octanol–water partition coefficient (Wildman–Crippen LogP) is -1.22. The molecular formula is C6H13NO3. The number of carbonyl (C=O) groups excluding carboxylic acids is 1. The SMILES string of the molecule is CNC(C=O)COCCO. The fourth-order valence-electron chi connectivity index (χ4n) is 0.466. The zero-order chi connectivity index (χ0) is 7.82. The van der Waals surface area contributed by atoms with Crippen molar-refractivity contribution in [1.82, 2.24) is 5.32 Å². The molecule has 0 heterocycles. The molecule has 0 rings (SSSR count). The van der Waals surface area contributed by atoms with E-state index in [9.17, 15) is 4.79 Å². The van der Waals surface area contributed by atoms with Crippen LogP contribution in [0.3, 0.4) is 0 Å². The van der Waals surface area contributed by atoms with Gasteiger partial charge in [0, 0.05) is 0 Å². The first kappa shape index (κ1) is 9.55. The maximum absolute atomic E-state index is 10.1. The quantitative estimate of drug-likeness (QED) is 0.365. The van der Waals surface area contributed by atoms with E-state index in [0.717, 1.165) is 6.29 Å². The molecule has 0 aliphatic heterocycles. The highest BCUT2D eigenvalue weighted by Crippen LogP contribution is 1.79. The summed E-state index contributed by atoms with van der Waals surface area (Å²) in [5, 5.41) is 11.0. The zero-order valence-corrected chi connectivity index (χ0v) is 6.04. The van der Waals surface area contributed by atoms with Crippen molar-refractivity contribution in [3.05, 3.63) is 0 Å². The number of nitrogens with one attached hydrogen (secondary N) is 1. The van der Waals surface area contributed by atoms with Crippen molar-refractivity contribution in [2.45, 2.75) is 6.04 Å². The Balaban J connectivity index is 3.17. The Bertz CT molecular complexity index is 87.1. The fraction of sp³-hybridized carbons (Fsp3) is 0.833. The van der Waals surface area contributed by atoms with E-state index in [1.165, 1.54) is 0 Å². The second-order valence-corrected chi connectivity index (χ2v) is 1.83. The molecule has 4 nitrogen and oxygen atoms in total. The van der Waals surface area contributed by atoms with Gasteiger partial charge in [0.2, 0.25) is 0 Å². The summed E-state index contributed by atoms with van der Waals surface area (Å²) in [6.45, 7) is 0.599. The molecule has 1 unspecified atom stereocenters. The highest BCUT2D eigenvalue weighted by molar-refractivity contribution is 5.57. The van der Waals surface area contributed by atoms with Gasteiger partial charge in [-0.1, -0.05) is 0 Å². The zero-order valence-electron chi connectivity index (χ0n) is 6.04. The molecule has 0 aromatic heterocycles. The van der Waals surface area contributed by atoms with Gasteiger partial charge >= 0.3 is 0 Å². The van der Waals surface area contributed by atoms with Gasteiger partial charge in [0.05, 0.1) is 25.9 Å². The Morgan fingerprint density at radius 1 is 1.80 bits per heavy atom. The Hall–Kier alpha value is -0.450. The summed E-state index contributed by atoms with van der Waals surface area (Å²) in [5.74, 6) is 0. The summed E-state index contributed by atoms with van der Waals surface area (Å²) >= 11 is 0. The lowest BCUT2D eigenvalue weighted by Gasteiger charge is -2.07. The van der Waals surface area contributed by atoms with E-state index < -0.39 is 0 Å². The van der Waals surface area contributed by atoms with E-state index in [1.807, 2.05) is 0 Å². The lowest BCUT2D eigenvalue weighted by atomic mass is 10.4. The van der Waals surface area contributed by atoms with Gasteiger partial charge in [-0.2, -0.15) is 0 Å². The molecule has 0 fully saturated rings. The molecule has 0 radical (unpaired) electrons. The third kappa shape index (κ3) is 4.43. The molecule has 0 aliphatic rings. The van der Waals surface area contributed by atoms with Crippen molar-refractivity contribution in [3.8, 4) is 0 Å². The van der Waals surface area contributed by atoms with Crippen LogP contribution in [0, 0.1) is 0 Å². The van der Waals surface area contributed by atoms with Crippen LogP contribution in [0.4, 0.5) is 0 Å². The third-order valence-corrected chi connectivity index (χ3v) is 1.07. The second-order valence-electron chi connectivity index (χ2n) is 1.83. The Morgan fingerprint density at radius 2 is 2.50 bits per heavy atom. The molecule has 0 aromatic rings. The van der Waals surface area contributed by atoms with Gasteiger partial charge in [0.15, 0.2) is 0 Å². The summed E-state index contributed by atoms with van der Waals surface area (Å²) in [5.41, 5.74) is 0. The minimum Gasteiger partial charge on any atom is -0.394 e. The van der Waals surface area contributed by atoms with E-state index in [0.29, 0.717) is 6.61 Å². The number of rotatable bonds is 6. The Kier molecular flexibility index (Phi) is 6.37. The van der Waals surface area contributed by atoms with Gasteiger partial charge in [-0.3, -0.25) is 0 Å². The monoisotopic (exact) mass is 147 g/mol. The Morgan fingerprint density at radius 3 is 2.90 bits per heavy atom. The molecule has 4 heteroatoms. The number of likely N-dealkylation sites (N-methyl/N-ethyl adjacent to an activating group) is 1. The van der Waals surface area contributed by atoms with Gasteiger partial charge in [-0.25, -0.2) is 0 Å². The largest absolute Gasteiger partial charge is 0.394 e. The number of hydrogen-bond acceptors (Lipinski definition) is 4. The maximum atomic E-state index is 10.1. The fourth-order valence-corrected chi connectivity index (χ4v) is 0.466. The van der Waals surface area contributed by atoms with Crippen LogP contribution in [-0.4, -0.2) is 44.3 Å². The average molecular weight is 147 g/mol. The van der Waals surface area contributed by atoms with E-state index in [1.54, 1.807) is 7.05 Å². The molecule has 0 aromatic carbocycles. The third-order valence-electron chi connectivity index (χ3n) is 1.07. The number of aldehydes is 1. The van der Waals surface area contributed by atoms with Gasteiger partial charge in [0.25, 0.3) is 0 Å². The van der Waals surface area contributed by atoms with Crippen molar-refractivity contribution >= 4 is 6.29 Å². The predicted molar refractivity (Wildman–Crippen MR) is 36.8 cm³/mol. The maximum Gasteiger partial charge on any atom is 0.139 e. The van der Waals surface area contributed by atoms with E-state index in [-0.39, 0.29) is 19.3 Å². The minimum atomic E-state index is -0.258. The van der Waals surface area contributed by atoms with Crippen molar-refractivity contribution < 1.29 is 14.6 Å². The van der Waals surface area contributed by atoms with Crippen molar-refractivity contribution in [1.29, 1.82) is 0 Å². The highest BCUT2D eigenvalue weighted by atomic mass is 16.5. The standard InChI is InChI=1S/C6H13NO3/c1-7-6(4-9)5-10-3-2-8/h4,6-8H,2-3,5H2,1H3. The topological polar surface area (TPSA) is 58.6 Å². The molecule has 1 atom stereocenters. The molecular weight excluding hydrogens is 134 g/mol. The number of hydrogen-bond donors (Lipinski definition) is 2. The van der Waals surface area contributed by atoms with E-state index in [4.69, 9.17) is 9.84 Å². The number of ether oxygens (including phenoxy) is 1.